The highest BCUT2D eigenvalue weighted by Crippen LogP contribution is 2.24. The van der Waals surface area contributed by atoms with E-state index in [2.05, 4.69) is 4.90 Å². The Morgan fingerprint density at radius 1 is 0.781 bits per heavy atom. The van der Waals surface area contributed by atoms with E-state index in [1.165, 1.54) is 12.8 Å². The van der Waals surface area contributed by atoms with E-state index in [4.69, 9.17) is 4.74 Å². The summed E-state index contributed by atoms with van der Waals surface area (Å²) in [7, 11) is 0. The van der Waals surface area contributed by atoms with Gasteiger partial charge < -0.3 is 14.5 Å². The van der Waals surface area contributed by atoms with Gasteiger partial charge in [0, 0.05) is 38.2 Å². The van der Waals surface area contributed by atoms with Crippen molar-refractivity contribution in [2.24, 2.45) is 5.92 Å². The summed E-state index contributed by atoms with van der Waals surface area (Å²) in [6, 6.07) is 17.3. The molecule has 32 heavy (non-hydrogen) atoms. The molecule has 2 aromatic carbocycles. The van der Waals surface area contributed by atoms with Crippen LogP contribution >= 0.6 is 0 Å². The van der Waals surface area contributed by atoms with E-state index in [0.29, 0.717) is 19.0 Å². The van der Waals surface area contributed by atoms with E-state index >= 15 is 0 Å². The number of ether oxygens (including phenoxy) is 1. The number of piperidine rings is 1. The summed E-state index contributed by atoms with van der Waals surface area (Å²) in [4.78, 5) is 29.4. The summed E-state index contributed by atoms with van der Waals surface area (Å²) in [6.45, 7) is 3.08. The smallest absolute Gasteiger partial charge is 0.246 e. The molecule has 2 heterocycles. The summed E-state index contributed by atoms with van der Waals surface area (Å²) in [5.74, 6) is 1.87. The molecule has 0 spiro atoms. The van der Waals surface area contributed by atoms with E-state index in [1.807, 2.05) is 65.6 Å². The van der Waals surface area contributed by atoms with Crippen LogP contribution in [0.2, 0.25) is 0 Å². The van der Waals surface area contributed by atoms with Gasteiger partial charge in [0.1, 0.15) is 11.5 Å². The number of hydrogen-bond acceptors (Lipinski definition) is 3. The van der Waals surface area contributed by atoms with Crippen molar-refractivity contribution < 1.29 is 14.3 Å². The highest BCUT2D eigenvalue weighted by Gasteiger charge is 2.29. The zero-order chi connectivity index (χ0) is 22.2. The first kappa shape index (κ1) is 22.1. The van der Waals surface area contributed by atoms with Crippen LogP contribution < -0.4 is 4.74 Å². The second-order valence-corrected chi connectivity index (χ2v) is 8.66. The van der Waals surface area contributed by atoms with E-state index in [-0.39, 0.29) is 11.8 Å². The molecule has 168 valence electrons. The molecule has 0 aromatic heterocycles. The Balaban J connectivity index is 1.28. The first-order valence-electron chi connectivity index (χ1n) is 11.8. The molecule has 0 atom stereocenters. The van der Waals surface area contributed by atoms with Crippen molar-refractivity contribution in [2.75, 3.05) is 26.2 Å². The average Bonchev–Trinajstić information content (AvgIpc) is 3.13. The minimum atomic E-state index is 0.0000484. The highest BCUT2D eigenvalue weighted by molar-refractivity contribution is 5.92. The van der Waals surface area contributed by atoms with Crippen molar-refractivity contribution in [3.8, 4) is 11.5 Å². The molecule has 0 saturated carbocycles. The lowest BCUT2D eigenvalue weighted by Gasteiger charge is -2.33. The van der Waals surface area contributed by atoms with E-state index in [9.17, 15) is 9.59 Å². The Kier molecular flexibility index (Phi) is 7.59. The van der Waals surface area contributed by atoms with Gasteiger partial charge in [-0.3, -0.25) is 9.59 Å². The van der Waals surface area contributed by atoms with Crippen LogP contribution in [0.5, 0.6) is 11.5 Å². The van der Waals surface area contributed by atoms with Gasteiger partial charge in [-0.15, -0.1) is 0 Å². The van der Waals surface area contributed by atoms with Gasteiger partial charge in [0.25, 0.3) is 0 Å². The molecule has 2 fully saturated rings. The number of hydrogen-bond donors (Lipinski definition) is 0. The predicted octanol–water partition coefficient (Wildman–Crippen LogP) is 5.13. The molecule has 5 heteroatoms. The van der Waals surface area contributed by atoms with Crippen molar-refractivity contribution in [3.63, 3.8) is 0 Å². The summed E-state index contributed by atoms with van der Waals surface area (Å²) >= 11 is 0. The summed E-state index contributed by atoms with van der Waals surface area (Å²) in [6.07, 6.45) is 9.66. The molecule has 0 aliphatic carbocycles. The molecule has 2 amide bonds. The van der Waals surface area contributed by atoms with Crippen molar-refractivity contribution in [2.45, 2.75) is 38.5 Å². The van der Waals surface area contributed by atoms with Gasteiger partial charge in [-0.05, 0) is 61.6 Å². The number of nitrogens with zero attached hydrogens (tertiary/aromatic N) is 2. The molecule has 0 unspecified atom stereocenters. The van der Waals surface area contributed by atoms with Gasteiger partial charge >= 0.3 is 0 Å². The summed E-state index contributed by atoms with van der Waals surface area (Å²) in [5.41, 5.74) is 0.915. The van der Waals surface area contributed by atoms with Crippen molar-refractivity contribution >= 4 is 17.9 Å². The SMILES string of the molecule is O=C(/C=C/c1cccc(Oc2ccccc2)c1)N1CCC(C(=O)N2CCCCCC2)CC1. The Labute approximate surface area is 190 Å². The van der Waals surface area contributed by atoms with Crippen LogP contribution in [0.25, 0.3) is 6.08 Å². The molecule has 2 saturated heterocycles. The van der Waals surface area contributed by atoms with Gasteiger partial charge in [0.05, 0.1) is 0 Å². The maximum Gasteiger partial charge on any atom is 0.246 e. The fraction of sp³-hybridized carbons (Fsp3) is 0.407. The van der Waals surface area contributed by atoms with Gasteiger partial charge in [-0.2, -0.15) is 0 Å². The standard InChI is InChI=1S/C27H32N2O3/c30-26(14-13-22-9-8-12-25(21-22)32-24-10-4-3-5-11-24)28-19-15-23(16-20-28)27(31)29-17-6-1-2-7-18-29/h3-5,8-14,21,23H,1-2,6-7,15-20H2/b14-13+. The predicted molar refractivity (Wildman–Crippen MR) is 126 cm³/mol. The van der Waals surface area contributed by atoms with Gasteiger partial charge in [0.15, 0.2) is 0 Å². The lowest BCUT2D eigenvalue weighted by molar-refractivity contribution is -0.139. The van der Waals surface area contributed by atoms with Crippen molar-refractivity contribution in [1.29, 1.82) is 0 Å². The van der Waals surface area contributed by atoms with Crippen LogP contribution in [-0.2, 0) is 9.59 Å². The third kappa shape index (κ3) is 6.00. The monoisotopic (exact) mass is 432 g/mol. The molecular weight excluding hydrogens is 400 g/mol. The number of benzene rings is 2. The molecule has 0 radical (unpaired) electrons. The van der Waals surface area contributed by atoms with Crippen molar-refractivity contribution in [1.82, 2.24) is 9.80 Å². The first-order chi connectivity index (χ1) is 15.7. The van der Waals surface area contributed by atoms with E-state index in [0.717, 1.165) is 55.8 Å². The molecule has 4 rings (SSSR count). The summed E-state index contributed by atoms with van der Waals surface area (Å²) in [5, 5.41) is 0. The number of amides is 2. The van der Waals surface area contributed by atoms with Crippen LogP contribution in [0.4, 0.5) is 0 Å². The lowest BCUT2D eigenvalue weighted by Crippen LogP contribution is -2.44. The topological polar surface area (TPSA) is 49.9 Å². The minimum Gasteiger partial charge on any atom is -0.457 e. The maximum atomic E-state index is 12.9. The summed E-state index contributed by atoms with van der Waals surface area (Å²) < 4.78 is 5.87. The first-order valence-corrected chi connectivity index (χ1v) is 11.8. The molecule has 0 bridgehead atoms. The number of carbonyl (C=O) groups is 2. The Hall–Kier alpha value is -3.08. The van der Waals surface area contributed by atoms with Crippen LogP contribution in [0.3, 0.4) is 0 Å². The molecule has 2 aliphatic rings. The third-order valence-electron chi connectivity index (χ3n) is 6.33. The van der Waals surface area contributed by atoms with Crippen LogP contribution in [0.15, 0.2) is 60.7 Å². The number of rotatable bonds is 5. The minimum absolute atomic E-state index is 0.0000484. The number of carbonyl (C=O) groups excluding carboxylic acids is 2. The fourth-order valence-corrected chi connectivity index (χ4v) is 4.48. The normalized spacial score (nSPS) is 17.9. The largest absolute Gasteiger partial charge is 0.457 e. The Morgan fingerprint density at radius 2 is 1.47 bits per heavy atom. The van der Waals surface area contributed by atoms with Crippen LogP contribution in [0, 0.1) is 5.92 Å². The number of para-hydroxylation sites is 1. The van der Waals surface area contributed by atoms with Crippen LogP contribution in [0.1, 0.15) is 44.1 Å². The average molecular weight is 433 g/mol. The molecule has 0 N–H and O–H groups in total. The number of likely N-dealkylation sites (tertiary alicyclic amines) is 2. The van der Waals surface area contributed by atoms with Gasteiger partial charge in [0.2, 0.25) is 11.8 Å². The second-order valence-electron chi connectivity index (χ2n) is 8.66. The van der Waals surface area contributed by atoms with Crippen LogP contribution in [-0.4, -0.2) is 47.8 Å². The lowest BCUT2D eigenvalue weighted by atomic mass is 9.95. The van der Waals surface area contributed by atoms with E-state index < -0.39 is 0 Å². The van der Waals surface area contributed by atoms with Gasteiger partial charge in [-0.1, -0.05) is 43.2 Å². The zero-order valence-corrected chi connectivity index (χ0v) is 18.6. The maximum absolute atomic E-state index is 12.9. The van der Waals surface area contributed by atoms with E-state index in [1.54, 1.807) is 6.08 Å². The fourth-order valence-electron chi connectivity index (χ4n) is 4.48. The third-order valence-corrected chi connectivity index (χ3v) is 6.33. The molecular formula is C27H32N2O3. The molecule has 5 nitrogen and oxygen atoms in total. The molecule has 2 aromatic rings. The zero-order valence-electron chi connectivity index (χ0n) is 18.6. The second kappa shape index (κ2) is 11.0. The quantitative estimate of drug-likeness (QED) is 0.615. The van der Waals surface area contributed by atoms with Gasteiger partial charge in [-0.25, -0.2) is 0 Å². The molecule has 2 aliphatic heterocycles. The Bertz CT molecular complexity index is 925. The van der Waals surface area contributed by atoms with Crippen molar-refractivity contribution in [3.05, 3.63) is 66.2 Å². The highest BCUT2D eigenvalue weighted by atomic mass is 16.5. The Morgan fingerprint density at radius 3 is 2.19 bits per heavy atom.